The van der Waals surface area contributed by atoms with E-state index in [-0.39, 0.29) is 30.5 Å². The fourth-order valence-corrected chi connectivity index (χ4v) is 6.50. The summed E-state index contributed by atoms with van der Waals surface area (Å²) in [4.78, 5) is 15.3. The second-order valence-corrected chi connectivity index (χ2v) is 11.8. The number of likely N-dealkylation sites (N-methyl/N-ethyl adjacent to an activating group) is 1. The quantitative estimate of drug-likeness (QED) is 0.455. The molecule has 3 aliphatic rings. The molecule has 2 aromatic rings. The maximum Gasteiger partial charge on any atom is 0.313 e. The van der Waals surface area contributed by atoms with Crippen molar-refractivity contribution in [2.24, 2.45) is 5.41 Å². The van der Waals surface area contributed by atoms with Gasteiger partial charge < -0.3 is 14.7 Å². The smallest absolute Gasteiger partial charge is 0.313 e. The molecule has 34 heavy (non-hydrogen) atoms. The molecule has 0 amide bonds. The molecule has 5 rings (SSSR count). The SMILES string of the molecule is CN1CCN(c2ccc(F)cc2)c2cc(SC3CC(F)(F)C3)c(OCC3(C(=O)O)CC3)cc2S1. The molecular weight excluding hydrogens is 485 g/mol. The molecule has 0 aromatic heterocycles. The molecule has 0 bridgehead atoms. The third-order valence-corrected chi connectivity index (χ3v) is 8.76. The van der Waals surface area contributed by atoms with Gasteiger partial charge in [-0.25, -0.2) is 17.5 Å². The Morgan fingerprint density at radius 1 is 1.21 bits per heavy atom. The number of aliphatic carboxylic acids is 1. The van der Waals surface area contributed by atoms with Crippen molar-refractivity contribution in [3.05, 3.63) is 42.2 Å². The average Bonchev–Trinajstić information content (AvgIpc) is 3.56. The Morgan fingerprint density at radius 2 is 1.91 bits per heavy atom. The number of fused-ring (bicyclic) bond motifs is 1. The van der Waals surface area contributed by atoms with E-state index >= 15 is 0 Å². The predicted molar refractivity (Wildman–Crippen MR) is 127 cm³/mol. The molecule has 1 aliphatic heterocycles. The number of anilines is 2. The lowest BCUT2D eigenvalue weighted by Gasteiger charge is -2.35. The molecule has 1 heterocycles. The van der Waals surface area contributed by atoms with E-state index in [9.17, 15) is 23.1 Å². The number of benzene rings is 2. The predicted octanol–water partition coefficient (Wildman–Crippen LogP) is 6.05. The Hall–Kier alpha value is -2.04. The second kappa shape index (κ2) is 8.87. The summed E-state index contributed by atoms with van der Waals surface area (Å²) in [5, 5.41) is 9.30. The van der Waals surface area contributed by atoms with Crippen LogP contribution in [0.15, 0.2) is 46.2 Å². The molecule has 5 nitrogen and oxygen atoms in total. The normalized spacial score (nSPS) is 21.4. The molecule has 0 unspecified atom stereocenters. The van der Waals surface area contributed by atoms with Crippen molar-refractivity contribution in [2.75, 3.05) is 31.6 Å². The maximum absolute atomic E-state index is 13.5. The van der Waals surface area contributed by atoms with Crippen molar-refractivity contribution >= 4 is 41.1 Å². The largest absolute Gasteiger partial charge is 0.491 e. The van der Waals surface area contributed by atoms with Crippen molar-refractivity contribution in [3.8, 4) is 5.75 Å². The van der Waals surface area contributed by atoms with Crippen LogP contribution in [0.25, 0.3) is 0 Å². The first kappa shape index (κ1) is 23.7. The van der Waals surface area contributed by atoms with Gasteiger partial charge >= 0.3 is 5.97 Å². The number of thioether (sulfide) groups is 1. The molecule has 2 saturated carbocycles. The zero-order valence-electron chi connectivity index (χ0n) is 18.6. The lowest BCUT2D eigenvalue weighted by Crippen LogP contribution is -2.37. The van der Waals surface area contributed by atoms with Crippen LogP contribution < -0.4 is 9.64 Å². The summed E-state index contributed by atoms with van der Waals surface area (Å²) < 4.78 is 48.7. The number of rotatable bonds is 7. The summed E-state index contributed by atoms with van der Waals surface area (Å²) in [6.07, 6.45) is 0.764. The Kier molecular flexibility index (Phi) is 6.18. The van der Waals surface area contributed by atoms with Gasteiger partial charge in [0.1, 0.15) is 23.6 Å². The minimum Gasteiger partial charge on any atom is -0.491 e. The molecule has 0 radical (unpaired) electrons. The Morgan fingerprint density at radius 3 is 2.53 bits per heavy atom. The number of carboxylic acids is 1. The molecule has 2 fully saturated rings. The highest BCUT2D eigenvalue weighted by molar-refractivity contribution is 8.00. The Balaban J connectivity index is 1.50. The maximum atomic E-state index is 13.5. The lowest BCUT2D eigenvalue weighted by atomic mass is 9.94. The van der Waals surface area contributed by atoms with Gasteiger partial charge in [0, 0.05) is 36.9 Å². The van der Waals surface area contributed by atoms with Gasteiger partial charge in [-0.15, -0.1) is 11.8 Å². The highest BCUT2D eigenvalue weighted by Crippen LogP contribution is 2.52. The van der Waals surface area contributed by atoms with Gasteiger partial charge in [0.15, 0.2) is 0 Å². The first-order valence-corrected chi connectivity index (χ1v) is 12.8. The topological polar surface area (TPSA) is 53.0 Å². The van der Waals surface area contributed by atoms with Crippen LogP contribution in [-0.4, -0.2) is 53.3 Å². The zero-order valence-corrected chi connectivity index (χ0v) is 20.2. The van der Waals surface area contributed by atoms with Crippen molar-refractivity contribution in [1.82, 2.24) is 4.31 Å². The summed E-state index contributed by atoms with van der Waals surface area (Å²) in [7, 11) is 1.98. The summed E-state index contributed by atoms with van der Waals surface area (Å²) in [5.74, 6) is -3.30. The van der Waals surface area contributed by atoms with Crippen molar-refractivity contribution in [3.63, 3.8) is 0 Å². The average molecular weight is 511 g/mol. The van der Waals surface area contributed by atoms with E-state index in [2.05, 4.69) is 9.21 Å². The van der Waals surface area contributed by atoms with Gasteiger partial charge in [0.25, 0.3) is 0 Å². The first-order valence-electron chi connectivity index (χ1n) is 11.2. The third kappa shape index (κ3) is 4.85. The standard InChI is InChI=1S/C24H25F3N2O3S2/c1-28-8-9-29(16-4-2-15(25)3-5-16)18-10-21(33-17-12-24(26,27)13-17)19(11-20(18)34-28)32-14-23(6-7-23)22(30)31/h2-5,10-11,17H,6-9,12-14H2,1H3,(H,30,31). The molecular formula is C24H25F3N2O3S2. The molecule has 1 N–H and O–H groups in total. The number of carbonyl (C=O) groups is 1. The van der Waals surface area contributed by atoms with E-state index in [0.717, 1.165) is 27.7 Å². The second-order valence-electron chi connectivity index (χ2n) is 9.22. The van der Waals surface area contributed by atoms with Crippen LogP contribution in [0.3, 0.4) is 0 Å². The van der Waals surface area contributed by atoms with E-state index in [0.29, 0.717) is 25.1 Å². The number of ether oxygens (including phenoxy) is 1. The van der Waals surface area contributed by atoms with Gasteiger partial charge in [0.05, 0.1) is 15.5 Å². The number of alkyl halides is 2. The number of carboxylic acid groups (broad SMARTS) is 1. The van der Waals surface area contributed by atoms with E-state index in [1.54, 1.807) is 24.1 Å². The highest BCUT2D eigenvalue weighted by atomic mass is 32.2. The van der Waals surface area contributed by atoms with Crippen LogP contribution >= 0.6 is 23.7 Å². The molecule has 2 aliphatic carbocycles. The zero-order chi connectivity index (χ0) is 24.1. The van der Waals surface area contributed by atoms with E-state index < -0.39 is 17.3 Å². The number of nitrogens with zero attached hydrogens (tertiary/aromatic N) is 2. The van der Waals surface area contributed by atoms with Crippen LogP contribution in [0.2, 0.25) is 0 Å². The monoisotopic (exact) mass is 510 g/mol. The van der Waals surface area contributed by atoms with Crippen LogP contribution in [0, 0.1) is 11.2 Å². The van der Waals surface area contributed by atoms with Crippen LogP contribution in [0.1, 0.15) is 25.7 Å². The Labute approximate surface area is 204 Å². The van der Waals surface area contributed by atoms with Gasteiger partial charge in [-0.05, 0) is 68.2 Å². The number of hydrogen-bond acceptors (Lipinski definition) is 6. The molecule has 182 valence electrons. The Bertz CT molecular complexity index is 1090. The molecule has 0 atom stereocenters. The van der Waals surface area contributed by atoms with Crippen molar-refractivity contribution < 1.29 is 27.8 Å². The molecule has 0 spiro atoms. The van der Waals surface area contributed by atoms with Gasteiger partial charge in [-0.1, -0.05) is 0 Å². The minimum absolute atomic E-state index is 0.0533. The summed E-state index contributed by atoms with van der Waals surface area (Å²) in [6.45, 7) is 1.46. The van der Waals surface area contributed by atoms with Crippen LogP contribution in [-0.2, 0) is 4.79 Å². The van der Waals surface area contributed by atoms with Crippen LogP contribution in [0.5, 0.6) is 5.75 Å². The molecule has 2 aromatic carbocycles. The van der Waals surface area contributed by atoms with E-state index in [4.69, 9.17) is 4.74 Å². The summed E-state index contributed by atoms with van der Waals surface area (Å²) >= 11 is 2.90. The van der Waals surface area contributed by atoms with Crippen LogP contribution in [0.4, 0.5) is 24.5 Å². The van der Waals surface area contributed by atoms with Crippen molar-refractivity contribution in [2.45, 2.75) is 46.6 Å². The van der Waals surface area contributed by atoms with Gasteiger partial charge in [-0.2, -0.15) is 0 Å². The van der Waals surface area contributed by atoms with Gasteiger partial charge in [-0.3, -0.25) is 4.79 Å². The molecule has 10 heteroatoms. The fourth-order valence-electron chi connectivity index (χ4n) is 4.14. The summed E-state index contributed by atoms with van der Waals surface area (Å²) in [6, 6.07) is 10.1. The summed E-state index contributed by atoms with van der Waals surface area (Å²) in [5.41, 5.74) is 0.866. The fraction of sp³-hybridized carbons (Fsp3) is 0.458. The third-order valence-electron chi connectivity index (χ3n) is 6.50. The lowest BCUT2D eigenvalue weighted by molar-refractivity contribution is -0.144. The number of halogens is 3. The van der Waals surface area contributed by atoms with E-state index in [1.807, 2.05) is 19.2 Å². The van der Waals surface area contributed by atoms with E-state index in [1.165, 1.54) is 23.9 Å². The first-order chi connectivity index (χ1) is 16.1. The number of hydrogen-bond donors (Lipinski definition) is 1. The van der Waals surface area contributed by atoms with Crippen molar-refractivity contribution in [1.29, 1.82) is 0 Å². The minimum atomic E-state index is -2.63. The van der Waals surface area contributed by atoms with Gasteiger partial charge in [0.2, 0.25) is 5.92 Å². The molecule has 0 saturated heterocycles. The highest BCUT2D eigenvalue weighted by Gasteiger charge is 2.51.